The van der Waals surface area contributed by atoms with E-state index in [1.165, 1.54) is 6.21 Å². The van der Waals surface area contributed by atoms with Crippen molar-refractivity contribution < 1.29 is 9.90 Å². The molecule has 2 unspecified atom stereocenters. The molecule has 2 atom stereocenters. The van der Waals surface area contributed by atoms with E-state index in [1.54, 1.807) is 6.08 Å². The maximum absolute atomic E-state index is 11.3. The fraction of sp³-hybridized carbons (Fsp3) is 0.500. The Bertz CT molecular complexity index is 473. The molecule has 1 rings (SSSR count). The smallest absolute Gasteiger partial charge is 0.244 e. The van der Waals surface area contributed by atoms with Gasteiger partial charge >= 0.3 is 0 Å². The van der Waals surface area contributed by atoms with Crippen LogP contribution in [0, 0.1) is 17.2 Å². The van der Waals surface area contributed by atoms with Gasteiger partial charge in [0.1, 0.15) is 0 Å². The number of nitrogens with two attached hydrogens (primary N) is 1. The Morgan fingerprint density at radius 3 is 2.70 bits per heavy atom. The lowest BCUT2D eigenvalue weighted by Crippen LogP contribution is -2.19. The molecule has 0 aliphatic heterocycles. The number of carbonyl (C=O) groups excluding carboxylic acids is 1. The fourth-order valence-electron chi connectivity index (χ4n) is 2.41. The molecule has 0 heterocycles. The average Bonchev–Trinajstić information content (AvgIpc) is 2.37. The van der Waals surface area contributed by atoms with Crippen molar-refractivity contribution in [3.63, 3.8) is 0 Å². The Morgan fingerprint density at radius 2 is 2.25 bits per heavy atom. The minimum absolute atomic E-state index is 0.0546. The SMILES string of the molecule is CC1=CC(C=N)CC=C1C(O)C/C=C(\C(N)=O)C(C)C. The second-order valence-electron chi connectivity index (χ2n) is 5.51. The number of hydrogen-bond acceptors (Lipinski definition) is 3. The molecule has 0 bridgehead atoms. The van der Waals surface area contributed by atoms with Crippen molar-refractivity contribution in [2.24, 2.45) is 17.6 Å². The van der Waals surface area contributed by atoms with E-state index in [1.807, 2.05) is 32.9 Å². The topological polar surface area (TPSA) is 87.2 Å². The molecule has 0 radical (unpaired) electrons. The molecule has 4 nitrogen and oxygen atoms in total. The number of rotatable bonds is 6. The molecule has 110 valence electrons. The van der Waals surface area contributed by atoms with Gasteiger partial charge in [0.05, 0.1) is 6.10 Å². The van der Waals surface area contributed by atoms with E-state index in [2.05, 4.69) is 0 Å². The average molecular weight is 276 g/mol. The monoisotopic (exact) mass is 276 g/mol. The van der Waals surface area contributed by atoms with E-state index in [0.717, 1.165) is 17.6 Å². The molecule has 1 aliphatic carbocycles. The molecule has 0 aromatic rings. The Balaban J connectivity index is 2.77. The van der Waals surface area contributed by atoms with Crippen molar-refractivity contribution in [3.8, 4) is 0 Å². The highest BCUT2D eigenvalue weighted by Crippen LogP contribution is 2.26. The molecule has 0 aromatic carbocycles. The lowest BCUT2D eigenvalue weighted by molar-refractivity contribution is -0.115. The summed E-state index contributed by atoms with van der Waals surface area (Å²) in [6, 6.07) is 0. The highest BCUT2D eigenvalue weighted by molar-refractivity contribution is 5.92. The molecule has 0 spiro atoms. The predicted octanol–water partition coefficient (Wildman–Crippen LogP) is 2.35. The number of nitrogens with one attached hydrogen (secondary N) is 1. The first-order valence-corrected chi connectivity index (χ1v) is 6.94. The van der Waals surface area contributed by atoms with Crippen molar-refractivity contribution >= 4 is 12.1 Å². The molecule has 1 amide bonds. The second kappa shape index (κ2) is 7.20. The van der Waals surface area contributed by atoms with Crippen LogP contribution in [0.2, 0.25) is 0 Å². The Kier molecular flexibility index (Phi) is 5.89. The second-order valence-corrected chi connectivity index (χ2v) is 5.51. The summed E-state index contributed by atoms with van der Waals surface area (Å²) in [6.07, 6.45) is 7.59. The zero-order valence-corrected chi connectivity index (χ0v) is 12.4. The van der Waals surface area contributed by atoms with Crippen LogP contribution < -0.4 is 5.73 Å². The number of hydrogen-bond donors (Lipinski definition) is 3. The maximum atomic E-state index is 11.3. The number of carbonyl (C=O) groups is 1. The van der Waals surface area contributed by atoms with Gasteiger partial charge in [0.25, 0.3) is 0 Å². The van der Waals surface area contributed by atoms with Crippen LogP contribution in [0.25, 0.3) is 0 Å². The van der Waals surface area contributed by atoms with E-state index in [4.69, 9.17) is 11.1 Å². The number of amides is 1. The van der Waals surface area contributed by atoms with Gasteiger partial charge in [-0.3, -0.25) is 4.79 Å². The van der Waals surface area contributed by atoms with Gasteiger partial charge in [-0.1, -0.05) is 32.1 Å². The summed E-state index contributed by atoms with van der Waals surface area (Å²) in [4.78, 5) is 11.3. The van der Waals surface area contributed by atoms with Gasteiger partial charge in [-0.05, 0) is 36.8 Å². The Hall–Kier alpha value is -1.68. The summed E-state index contributed by atoms with van der Waals surface area (Å²) in [6.45, 7) is 5.75. The Labute approximate surface area is 120 Å². The van der Waals surface area contributed by atoms with Crippen LogP contribution in [-0.4, -0.2) is 23.3 Å². The first-order valence-electron chi connectivity index (χ1n) is 6.94. The van der Waals surface area contributed by atoms with Crippen LogP contribution in [0.5, 0.6) is 0 Å². The van der Waals surface area contributed by atoms with E-state index >= 15 is 0 Å². The summed E-state index contributed by atoms with van der Waals surface area (Å²) in [5, 5.41) is 17.5. The molecule has 4 heteroatoms. The predicted molar refractivity (Wildman–Crippen MR) is 81.5 cm³/mol. The van der Waals surface area contributed by atoms with Crippen LogP contribution in [0.1, 0.15) is 33.6 Å². The molecule has 0 saturated carbocycles. The lowest BCUT2D eigenvalue weighted by atomic mass is 9.87. The third-order valence-electron chi connectivity index (χ3n) is 3.57. The van der Waals surface area contributed by atoms with Crippen molar-refractivity contribution in [1.29, 1.82) is 5.41 Å². The summed E-state index contributed by atoms with van der Waals surface area (Å²) in [5.74, 6) is -0.252. The minimum atomic E-state index is -0.633. The largest absolute Gasteiger partial charge is 0.388 e. The van der Waals surface area contributed by atoms with Gasteiger partial charge in [-0.2, -0.15) is 0 Å². The zero-order valence-electron chi connectivity index (χ0n) is 12.4. The fourth-order valence-corrected chi connectivity index (χ4v) is 2.41. The van der Waals surface area contributed by atoms with Gasteiger partial charge in [0.2, 0.25) is 5.91 Å². The molecule has 0 aromatic heterocycles. The van der Waals surface area contributed by atoms with Crippen molar-refractivity contribution in [3.05, 3.63) is 34.9 Å². The first-order chi connectivity index (χ1) is 9.36. The van der Waals surface area contributed by atoms with E-state index in [-0.39, 0.29) is 11.8 Å². The van der Waals surface area contributed by atoms with Crippen LogP contribution >= 0.6 is 0 Å². The molecule has 0 fully saturated rings. The van der Waals surface area contributed by atoms with Gasteiger partial charge in [-0.15, -0.1) is 0 Å². The number of allylic oxidation sites excluding steroid dienone is 2. The third-order valence-corrected chi connectivity index (χ3v) is 3.57. The quantitative estimate of drug-likeness (QED) is 0.513. The number of aliphatic hydroxyl groups is 1. The zero-order chi connectivity index (χ0) is 15.3. The van der Waals surface area contributed by atoms with Crippen LogP contribution in [0.4, 0.5) is 0 Å². The van der Waals surface area contributed by atoms with Gasteiger partial charge in [-0.25, -0.2) is 0 Å². The highest BCUT2D eigenvalue weighted by Gasteiger charge is 2.18. The van der Waals surface area contributed by atoms with Crippen molar-refractivity contribution in [2.75, 3.05) is 0 Å². The van der Waals surface area contributed by atoms with Crippen LogP contribution in [-0.2, 0) is 4.79 Å². The summed E-state index contributed by atoms with van der Waals surface area (Å²) in [5.41, 5.74) is 7.76. The molecular weight excluding hydrogens is 252 g/mol. The standard InChI is InChI=1S/C16H24N2O2/c1-10(2)13(16(18)20)6-7-15(19)14-5-4-12(9-17)8-11(14)3/h5-6,8-10,12,15,17,19H,4,7H2,1-3H3,(H2,18,20)/b13-6-,17-9?. The lowest BCUT2D eigenvalue weighted by Gasteiger charge is -2.21. The summed E-state index contributed by atoms with van der Waals surface area (Å²) in [7, 11) is 0. The Morgan fingerprint density at radius 1 is 1.60 bits per heavy atom. The minimum Gasteiger partial charge on any atom is -0.388 e. The molecule has 1 aliphatic rings. The summed E-state index contributed by atoms with van der Waals surface area (Å²) >= 11 is 0. The van der Waals surface area contributed by atoms with Gasteiger partial charge in [0.15, 0.2) is 0 Å². The van der Waals surface area contributed by atoms with Gasteiger partial charge < -0.3 is 16.2 Å². The normalized spacial score (nSPS) is 21.2. The third kappa shape index (κ3) is 4.17. The van der Waals surface area contributed by atoms with Crippen LogP contribution in [0.3, 0.4) is 0 Å². The van der Waals surface area contributed by atoms with E-state index in [0.29, 0.717) is 12.0 Å². The number of aliphatic hydroxyl groups excluding tert-OH is 1. The molecule has 20 heavy (non-hydrogen) atoms. The first kappa shape index (κ1) is 16.4. The number of primary amides is 1. The highest BCUT2D eigenvalue weighted by atomic mass is 16.3. The maximum Gasteiger partial charge on any atom is 0.244 e. The van der Waals surface area contributed by atoms with E-state index < -0.39 is 12.0 Å². The van der Waals surface area contributed by atoms with Crippen molar-refractivity contribution in [1.82, 2.24) is 0 Å². The molecular formula is C16H24N2O2. The van der Waals surface area contributed by atoms with Gasteiger partial charge in [0, 0.05) is 17.7 Å². The van der Waals surface area contributed by atoms with Crippen LogP contribution in [0.15, 0.2) is 34.9 Å². The summed E-state index contributed by atoms with van der Waals surface area (Å²) < 4.78 is 0. The van der Waals surface area contributed by atoms with E-state index in [9.17, 15) is 9.90 Å². The molecule has 4 N–H and O–H groups in total. The van der Waals surface area contributed by atoms with Crippen molar-refractivity contribution in [2.45, 2.75) is 39.7 Å². The molecule has 0 saturated heterocycles.